The van der Waals surface area contributed by atoms with E-state index in [1.165, 1.54) is 70.6 Å². The number of ether oxygens (including phenoxy) is 2. The Kier molecular flexibility index (Phi) is 23.4. The number of carboxylic acid groups (broad SMARTS) is 1. The number of hydrogen-bond acceptors (Lipinski definition) is 6. The van der Waals surface area contributed by atoms with E-state index in [1.807, 2.05) is 6.92 Å². The molecule has 0 aliphatic heterocycles. The highest BCUT2D eigenvalue weighted by molar-refractivity contribution is 7.85. The third kappa shape index (κ3) is 18.0. The first kappa shape index (κ1) is 35.6. The van der Waals surface area contributed by atoms with E-state index in [4.69, 9.17) is 14.6 Å². The standard InChI is InChI=1S/C27H53O7PS/c1-4-6-8-10-12-13-14-16-18-23-36(32)25(20-17-15-11-9-7-5-2)24(3)33-21-19-22-34-27(30,35-31)26(28)29/h24-25,30H,4-23H2,1-3H3,(H,28,29)/p+1. The Balaban J connectivity index is 4.45. The molecule has 9 heteroatoms. The van der Waals surface area contributed by atoms with Gasteiger partial charge in [-0.15, -0.1) is 0 Å². The van der Waals surface area contributed by atoms with Gasteiger partial charge in [0.15, 0.2) is 0 Å². The van der Waals surface area contributed by atoms with Crippen molar-refractivity contribution in [3.63, 3.8) is 0 Å². The smallest absolute Gasteiger partial charge is 0.470 e. The summed E-state index contributed by atoms with van der Waals surface area (Å²) >= 11 is 0. The molecule has 36 heavy (non-hydrogen) atoms. The van der Waals surface area contributed by atoms with Gasteiger partial charge in [-0.05, 0) is 26.2 Å². The normalized spacial score (nSPS) is 16.0. The summed E-state index contributed by atoms with van der Waals surface area (Å²) in [6.45, 7) is 6.61. The monoisotopic (exact) mass is 553 g/mol. The SMILES string of the molecule is CCCCCCCCCCCS(=O)C(CCCCCCCC)C(C)OCCCOC(O)([PH+]=O)C(=O)O. The van der Waals surface area contributed by atoms with E-state index >= 15 is 0 Å². The van der Waals surface area contributed by atoms with Crippen molar-refractivity contribution in [1.29, 1.82) is 0 Å². The molecule has 0 aromatic rings. The van der Waals surface area contributed by atoms with Gasteiger partial charge < -0.3 is 19.7 Å². The molecule has 0 amide bonds. The lowest BCUT2D eigenvalue weighted by Gasteiger charge is -2.24. The molecule has 0 aliphatic rings. The maximum atomic E-state index is 13.2. The minimum Gasteiger partial charge on any atom is -0.474 e. The summed E-state index contributed by atoms with van der Waals surface area (Å²) in [7, 11) is -2.47. The molecule has 5 unspecified atom stereocenters. The van der Waals surface area contributed by atoms with E-state index in [9.17, 15) is 18.7 Å². The van der Waals surface area contributed by atoms with Crippen molar-refractivity contribution < 1.29 is 33.3 Å². The van der Waals surface area contributed by atoms with Crippen molar-refractivity contribution in [1.82, 2.24) is 0 Å². The molecule has 0 saturated carbocycles. The van der Waals surface area contributed by atoms with Gasteiger partial charge in [0.1, 0.15) is 0 Å². The Morgan fingerprint density at radius 1 is 0.833 bits per heavy atom. The van der Waals surface area contributed by atoms with Crippen LogP contribution in [0, 0.1) is 0 Å². The van der Waals surface area contributed by atoms with E-state index in [1.54, 1.807) is 0 Å². The minimum atomic E-state index is -2.66. The molecule has 5 atom stereocenters. The van der Waals surface area contributed by atoms with Crippen LogP contribution in [-0.4, -0.2) is 56.2 Å². The number of unbranched alkanes of at least 4 members (excludes halogenated alkanes) is 13. The zero-order chi connectivity index (χ0) is 27.1. The van der Waals surface area contributed by atoms with Gasteiger partial charge in [0, 0.05) is 23.2 Å². The third-order valence-electron chi connectivity index (χ3n) is 6.56. The maximum absolute atomic E-state index is 13.2. The van der Waals surface area contributed by atoms with E-state index in [0.29, 0.717) is 18.8 Å². The minimum absolute atomic E-state index is 0.0230. The van der Waals surface area contributed by atoms with Crippen LogP contribution in [0.1, 0.15) is 130 Å². The van der Waals surface area contributed by atoms with Crippen LogP contribution in [0.4, 0.5) is 0 Å². The molecule has 214 valence electrons. The largest absolute Gasteiger partial charge is 0.474 e. The van der Waals surface area contributed by atoms with Gasteiger partial charge in [0.25, 0.3) is 0 Å². The first-order valence-corrected chi connectivity index (χ1v) is 16.6. The molecule has 0 fully saturated rings. The van der Waals surface area contributed by atoms with Gasteiger partial charge >= 0.3 is 20.0 Å². The lowest BCUT2D eigenvalue weighted by atomic mass is 10.1. The Labute approximate surface area is 224 Å². The third-order valence-corrected chi connectivity index (χ3v) is 9.18. The highest BCUT2D eigenvalue weighted by Crippen LogP contribution is 2.22. The quantitative estimate of drug-likeness (QED) is 0.0643. The molecule has 0 spiro atoms. The van der Waals surface area contributed by atoms with E-state index in [-0.39, 0.29) is 18.0 Å². The van der Waals surface area contributed by atoms with Crippen molar-refractivity contribution in [2.75, 3.05) is 19.0 Å². The fourth-order valence-corrected chi connectivity index (χ4v) is 6.18. The predicted molar refractivity (Wildman–Crippen MR) is 150 cm³/mol. The van der Waals surface area contributed by atoms with Crippen LogP contribution < -0.4 is 0 Å². The van der Waals surface area contributed by atoms with Gasteiger partial charge in [-0.1, -0.05) is 108 Å². The van der Waals surface area contributed by atoms with Crippen LogP contribution in [-0.2, 0) is 29.6 Å². The molecule has 0 bridgehead atoms. The van der Waals surface area contributed by atoms with Gasteiger partial charge in [-0.25, -0.2) is 4.79 Å². The van der Waals surface area contributed by atoms with Gasteiger partial charge in [-0.2, -0.15) is 0 Å². The summed E-state index contributed by atoms with van der Waals surface area (Å²) in [6, 6.07) is 0. The Hall–Kier alpha value is -0.400. The zero-order valence-corrected chi connectivity index (χ0v) is 25.0. The second-order valence-electron chi connectivity index (χ2n) is 9.84. The van der Waals surface area contributed by atoms with Crippen molar-refractivity contribution in [2.24, 2.45) is 0 Å². The lowest BCUT2D eigenvalue weighted by Crippen LogP contribution is -2.36. The molecule has 0 aromatic carbocycles. The van der Waals surface area contributed by atoms with Crippen LogP contribution in [0.25, 0.3) is 0 Å². The maximum Gasteiger partial charge on any atom is 0.470 e. The fraction of sp³-hybridized carbons (Fsp3) is 0.963. The average Bonchev–Trinajstić information content (AvgIpc) is 2.86. The van der Waals surface area contributed by atoms with E-state index in [0.717, 1.165) is 32.1 Å². The first-order chi connectivity index (χ1) is 17.3. The molecule has 0 aromatic heterocycles. The number of aliphatic hydroxyl groups is 1. The molecule has 0 saturated heterocycles. The summed E-state index contributed by atoms with van der Waals surface area (Å²) in [5.74, 6) is -0.959. The summed E-state index contributed by atoms with van der Waals surface area (Å²) < 4.78 is 34.9. The predicted octanol–water partition coefficient (Wildman–Crippen LogP) is 6.95. The van der Waals surface area contributed by atoms with E-state index in [2.05, 4.69) is 13.8 Å². The number of carboxylic acids is 1. The zero-order valence-electron chi connectivity index (χ0n) is 23.1. The number of rotatable bonds is 27. The van der Waals surface area contributed by atoms with Gasteiger partial charge in [-0.3, -0.25) is 4.21 Å². The topological polar surface area (TPSA) is 110 Å². The summed E-state index contributed by atoms with van der Waals surface area (Å²) in [6.07, 6.45) is 19.4. The van der Waals surface area contributed by atoms with Gasteiger partial charge in [0.2, 0.25) is 0 Å². The van der Waals surface area contributed by atoms with Crippen LogP contribution in [0.15, 0.2) is 0 Å². The lowest BCUT2D eigenvalue weighted by molar-refractivity contribution is -0.190. The average molecular weight is 554 g/mol. The van der Waals surface area contributed by atoms with Crippen molar-refractivity contribution in [2.45, 2.75) is 147 Å². The van der Waals surface area contributed by atoms with Crippen LogP contribution in [0.5, 0.6) is 0 Å². The van der Waals surface area contributed by atoms with E-state index < -0.39 is 30.8 Å². The Bertz CT molecular complexity index is 578. The van der Waals surface area contributed by atoms with Crippen molar-refractivity contribution in [3.05, 3.63) is 0 Å². The number of hydrogen-bond donors (Lipinski definition) is 2. The van der Waals surface area contributed by atoms with Gasteiger partial charge in [0.05, 0.1) is 18.0 Å². The molecule has 0 rings (SSSR count). The summed E-state index contributed by atoms with van der Waals surface area (Å²) in [5, 5.41) is 18.5. The van der Waals surface area contributed by atoms with Crippen LogP contribution in [0.3, 0.4) is 0 Å². The molecular weight excluding hydrogens is 499 g/mol. The summed E-state index contributed by atoms with van der Waals surface area (Å²) in [5.41, 5.74) is -2.66. The van der Waals surface area contributed by atoms with Crippen LogP contribution >= 0.6 is 8.46 Å². The molecular formula is C27H54O7PS+. The molecule has 0 aliphatic carbocycles. The number of carbonyl (C=O) groups is 1. The second-order valence-corrected chi connectivity index (χ2v) is 12.5. The summed E-state index contributed by atoms with van der Waals surface area (Å²) in [4.78, 5) is 10.9. The Morgan fingerprint density at radius 2 is 1.33 bits per heavy atom. The fourth-order valence-electron chi connectivity index (χ4n) is 4.20. The molecule has 2 N–H and O–H groups in total. The highest BCUT2D eigenvalue weighted by atomic mass is 32.2. The molecule has 7 nitrogen and oxygen atoms in total. The van der Waals surface area contributed by atoms with Crippen LogP contribution in [0.2, 0.25) is 0 Å². The molecule has 0 heterocycles. The Morgan fingerprint density at radius 3 is 1.83 bits per heavy atom. The number of aliphatic carboxylic acids is 1. The first-order valence-electron chi connectivity index (χ1n) is 14.3. The second kappa shape index (κ2) is 23.7. The van der Waals surface area contributed by atoms with Crippen molar-refractivity contribution >= 4 is 25.2 Å². The molecule has 0 radical (unpaired) electrons. The highest BCUT2D eigenvalue weighted by Gasteiger charge is 2.47. The van der Waals surface area contributed by atoms with Crippen molar-refractivity contribution in [3.8, 4) is 0 Å².